The van der Waals surface area contributed by atoms with Gasteiger partial charge in [0.1, 0.15) is 18.7 Å². The van der Waals surface area contributed by atoms with Crippen LogP contribution in [0.3, 0.4) is 0 Å². The highest BCUT2D eigenvalue weighted by atomic mass is 16.5. The van der Waals surface area contributed by atoms with E-state index >= 15 is 0 Å². The number of ether oxygens (including phenoxy) is 1. The number of urea groups is 1. The van der Waals surface area contributed by atoms with E-state index in [0.29, 0.717) is 12.1 Å². The number of rotatable bonds is 13. The standard InChI is InChI=1S/C24H37N5O6/c1-14(2)20(29-21(31)15(3)4)23(33)28-19(7-6-12-26-24(25)34)22(32)27-18-10-8-17(9-11-18)13-35-16(5)30/h8-11,14-15,19-20H,6-7,12-13H2,1-5H3,(H,27,32)(H,28,33)(H,29,31)(H3,25,26,34)/t19-,20-/m0/s1. The van der Waals surface area contributed by atoms with Gasteiger partial charge in [-0.05, 0) is 36.5 Å². The SMILES string of the molecule is CC(=O)OCc1ccc(NC(=O)[C@H](CCCNC(N)=O)NC(=O)[C@@H](NC(=O)C(C)C)C(C)C)cc1. The van der Waals surface area contributed by atoms with Crippen LogP contribution in [0.4, 0.5) is 10.5 Å². The van der Waals surface area contributed by atoms with Crippen LogP contribution in [0.15, 0.2) is 24.3 Å². The van der Waals surface area contributed by atoms with Crippen molar-refractivity contribution in [3.63, 3.8) is 0 Å². The van der Waals surface area contributed by atoms with E-state index in [9.17, 15) is 24.0 Å². The molecule has 0 aromatic heterocycles. The number of hydrogen-bond donors (Lipinski definition) is 5. The molecule has 1 aromatic carbocycles. The molecule has 0 bridgehead atoms. The van der Waals surface area contributed by atoms with Crippen LogP contribution in [-0.4, -0.2) is 48.4 Å². The summed E-state index contributed by atoms with van der Waals surface area (Å²) in [6.07, 6.45) is 0.610. The summed E-state index contributed by atoms with van der Waals surface area (Å²) in [6, 6.07) is 4.31. The maximum atomic E-state index is 13.0. The molecule has 0 radical (unpaired) electrons. The Kier molecular flexibility index (Phi) is 12.3. The van der Waals surface area contributed by atoms with Gasteiger partial charge in [-0.2, -0.15) is 0 Å². The van der Waals surface area contributed by atoms with Crippen molar-refractivity contribution in [2.24, 2.45) is 17.6 Å². The van der Waals surface area contributed by atoms with Crippen molar-refractivity contribution in [1.29, 1.82) is 0 Å². The number of carbonyl (C=O) groups excluding carboxylic acids is 5. The number of hydrogen-bond acceptors (Lipinski definition) is 6. The van der Waals surface area contributed by atoms with Gasteiger partial charge in [-0.3, -0.25) is 19.2 Å². The van der Waals surface area contributed by atoms with Gasteiger partial charge in [0.05, 0.1) is 0 Å². The molecule has 11 heteroatoms. The van der Waals surface area contributed by atoms with Crippen LogP contribution in [0.2, 0.25) is 0 Å². The number of carbonyl (C=O) groups is 5. The molecule has 0 heterocycles. The molecule has 0 aliphatic carbocycles. The van der Waals surface area contributed by atoms with Crippen molar-refractivity contribution >= 4 is 35.4 Å². The Balaban J connectivity index is 2.91. The Hall–Kier alpha value is -3.63. The fourth-order valence-electron chi connectivity index (χ4n) is 3.00. The number of anilines is 1. The summed E-state index contributed by atoms with van der Waals surface area (Å²) in [5, 5.41) is 10.7. The van der Waals surface area contributed by atoms with Crippen molar-refractivity contribution in [3.05, 3.63) is 29.8 Å². The van der Waals surface area contributed by atoms with Crippen LogP contribution in [0.5, 0.6) is 0 Å². The predicted octanol–water partition coefficient (Wildman–Crippen LogP) is 1.42. The van der Waals surface area contributed by atoms with E-state index < -0.39 is 35.9 Å². The quantitative estimate of drug-likeness (QED) is 0.206. The van der Waals surface area contributed by atoms with Crippen molar-refractivity contribution in [3.8, 4) is 0 Å². The zero-order chi connectivity index (χ0) is 26.5. The molecular weight excluding hydrogens is 454 g/mol. The zero-order valence-corrected chi connectivity index (χ0v) is 21.0. The number of primary amides is 1. The van der Waals surface area contributed by atoms with Gasteiger partial charge >= 0.3 is 12.0 Å². The van der Waals surface area contributed by atoms with E-state index in [1.165, 1.54) is 6.92 Å². The molecule has 0 aliphatic heterocycles. The summed E-state index contributed by atoms with van der Waals surface area (Å²) in [6.45, 7) is 8.72. The lowest BCUT2D eigenvalue weighted by Crippen LogP contribution is -2.55. The molecule has 2 atom stereocenters. The van der Waals surface area contributed by atoms with Gasteiger partial charge < -0.3 is 31.7 Å². The van der Waals surface area contributed by atoms with Crippen LogP contribution >= 0.6 is 0 Å². The molecule has 6 N–H and O–H groups in total. The van der Waals surface area contributed by atoms with E-state index in [1.807, 2.05) is 0 Å². The largest absolute Gasteiger partial charge is 0.461 e. The molecule has 0 saturated carbocycles. The monoisotopic (exact) mass is 491 g/mol. The Morgan fingerprint density at radius 1 is 0.914 bits per heavy atom. The number of esters is 1. The van der Waals surface area contributed by atoms with E-state index in [1.54, 1.807) is 52.0 Å². The highest BCUT2D eigenvalue weighted by Crippen LogP contribution is 2.13. The second-order valence-corrected chi connectivity index (χ2v) is 8.85. The first kappa shape index (κ1) is 29.4. The third-order valence-electron chi connectivity index (χ3n) is 5.04. The number of nitrogens with two attached hydrogens (primary N) is 1. The average molecular weight is 492 g/mol. The van der Waals surface area contributed by atoms with Gasteiger partial charge in [0.15, 0.2) is 0 Å². The second kappa shape index (κ2) is 14.6. The first-order valence-electron chi connectivity index (χ1n) is 11.6. The smallest absolute Gasteiger partial charge is 0.312 e. The van der Waals surface area contributed by atoms with Crippen LogP contribution in [-0.2, 0) is 30.5 Å². The van der Waals surface area contributed by atoms with Gasteiger partial charge in [0, 0.05) is 25.1 Å². The third-order valence-corrected chi connectivity index (χ3v) is 5.04. The first-order valence-corrected chi connectivity index (χ1v) is 11.6. The van der Waals surface area contributed by atoms with Crippen molar-refractivity contribution in [1.82, 2.24) is 16.0 Å². The Morgan fingerprint density at radius 2 is 1.54 bits per heavy atom. The third kappa shape index (κ3) is 11.4. The summed E-state index contributed by atoms with van der Waals surface area (Å²) in [4.78, 5) is 60.0. The Bertz CT molecular complexity index is 885. The molecular formula is C24H37N5O6. The fourth-order valence-corrected chi connectivity index (χ4v) is 3.00. The van der Waals surface area contributed by atoms with Crippen LogP contribution in [0.25, 0.3) is 0 Å². The van der Waals surface area contributed by atoms with Crippen LogP contribution in [0, 0.1) is 11.8 Å². The summed E-state index contributed by atoms with van der Waals surface area (Å²) in [5.41, 5.74) is 6.32. The zero-order valence-electron chi connectivity index (χ0n) is 21.0. The normalized spacial score (nSPS) is 12.4. The summed E-state index contributed by atoms with van der Waals surface area (Å²) in [7, 11) is 0. The minimum absolute atomic E-state index is 0.119. The van der Waals surface area contributed by atoms with E-state index in [-0.39, 0.29) is 37.3 Å². The molecule has 0 fully saturated rings. The van der Waals surface area contributed by atoms with Gasteiger partial charge in [-0.15, -0.1) is 0 Å². The molecule has 0 spiro atoms. The molecule has 5 amide bonds. The second-order valence-electron chi connectivity index (χ2n) is 8.85. The van der Waals surface area contributed by atoms with Crippen LogP contribution < -0.4 is 27.0 Å². The predicted molar refractivity (Wildman–Crippen MR) is 131 cm³/mol. The summed E-state index contributed by atoms with van der Waals surface area (Å²) in [5.74, 6) is -2.10. The molecule has 1 aromatic rings. The molecule has 0 aliphatic rings. The topological polar surface area (TPSA) is 169 Å². The number of amides is 5. The van der Waals surface area contributed by atoms with E-state index in [0.717, 1.165) is 5.56 Å². The average Bonchev–Trinajstić information content (AvgIpc) is 2.77. The Morgan fingerprint density at radius 3 is 2.06 bits per heavy atom. The minimum Gasteiger partial charge on any atom is -0.461 e. The fraction of sp³-hybridized carbons (Fsp3) is 0.542. The number of nitrogens with one attached hydrogen (secondary N) is 4. The lowest BCUT2D eigenvalue weighted by atomic mass is 10.0. The minimum atomic E-state index is -0.921. The summed E-state index contributed by atoms with van der Waals surface area (Å²) < 4.78 is 4.94. The molecule has 0 saturated heterocycles. The Labute approximate surface area is 205 Å². The molecule has 1 rings (SSSR count). The van der Waals surface area contributed by atoms with Gasteiger partial charge in [-0.25, -0.2) is 4.79 Å². The highest BCUT2D eigenvalue weighted by molar-refractivity contribution is 5.98. The first-order chi connectivity index (χ1) is 16.4. The lowest BCUT2D eigenvalue weighted by molar-refractivity contribution is -0.142. The highest BCUT2D eigenvalue weighted by Gasteiger charge is 2.29. The molecule has 0 unspecified atom stereocenters. The molecule has 11 nitrogen and oxygen atoms in total. The molecule has 194 valence electrons. The van der Waals surface area contributed by atoms with E-state index in [4.69, 9.17) is 10.5 Å². The maximum Gasteiger partial charge on any atom is 0.312 e. The van der Waals surface area contributed by atoms with Crippen molar-refractivity contribution < 1.29 is 28.7 Å². The molecule has 35 heavy (non-hydrogen) atoms. The van der Waals surface area contributed by atoms with Gasteiger partial charge in [-0.1, -0.05) is 39.8 Å². The maximum absolute atomic E-state index is 13.0. The number of benzene rings is 1. The van der Waals surface area contributed by atoms with Crippen molar-refractivity contribution in [2.75, 3.05) is 11.9 Å². The van der Waals surface area contributed by atoms with Crippen molar-refractivity contribution in [2.45, 2.75) is 66.2 Å². The lowest BCUT2D eigenvalue weighted by Gasteiger charge is -2.26. The van der Waals surface area contributed by atoms with Gasteiger partial charge in [0.2, 0.25) is 17.7 Å². The van der Waals surface area contributed by atoms with E-state index in [2.05, 4.69) is 21.3 Å². The summed E-state index contributed by atoms with van der Waals surface area (Å²) >= 11 is 0. The van der Waals surface area contributed by atoms with Crippen LogP contribution in [0.1, 0.15) is 53.0 Å². The van der Waals surface area contributed by atoms with Gasteiger partial charge in [0.25, 0.3) is 0 Å².